The van der Waals surface area contributed by atoms with Crippen LogP contribution in [0.3, 0.4) is 0 Å². The molecule has 0 amide bonds. The first-order valence-electron chi connectivity index (χ1n) is 6.01. The predicted octanol–water partition coefficient (Wildman–Crippen LogP) is 3.82. The highest BCUT2D eigenvalue weighted by Crippen LogP contribution is 2.28. The van der Waals surface area contributed by atoms with Crippen LogP contribution in [-0.4, -0.2) is 11.7 Å². The third kappa shape index (κ3) is 3.90. The van der Waals surface area contributed by atoms with Crippen LogP contribution in [0.15, 0.2) is 18.2 Å². The van der Waals surface area contributed by atoms with Gasteiger partial charge in [0.15, 0.2) is 0 Å². The maximum Gasteiger partial charge on any atom is 0.138 e. The van der Waals surface area contributed by atoms with Gasteiger partial charge in [-0.2, -0.15) is 0 Å². The summed E-state index contributed by atoms with van der Waals surface area (Å²) in [5, 5.41) is 13.5. The number of phenolic OH excluding ortho intramolecular Hbond substituents is 1. The van der Waals surface area contributed by atoms with Gasteiger partial charge in [-0.3, -0.25) is 0 Å². The van der Waals surface area contributed by atoms with Gasteiger partial charge in [0, 0.05) is 18.7 Å². The van der Waals surface area contributed by atoms with Gasteiger partial charge in [0.2, 0.25) is 0 Å². The summed E-state index contributed by atoms with van der Waals surface area (Å²) in [6.45, 7) is 10.5. The standard InChI is InChI=1S/C14H22ClNO/c1-10(2)14(3,4)9-16-8-11-6-5-7-12(15)13(11)17/h5-7,10,16-17H,8-9H2,1-4H3. The van der Waals surface area contributed by atoms with Crippen molar-refractivity contribution in [3.05, 3.63) is 28.8 Å². The van der Waals surface area contributed by atoms with E-state index in [9.17, 15) is 5.11 Å². The highest BCUT2D eigenvalue weighted by molar-refractivity contribution is 6.32. The van der Waals surface area contributed by atoms with E-state index in [4.69, 9.17) is 11.6 Å². The lowest BCUT2D eigenvalue weighted by Crippen LogP contribution is -2.33. The largest absolute Gasteiger partial charge is 0.506 e. The lowest BCUT2D eigenvalue weighted by Gasteiger charge is -2.29. The molecule has 1 aromatic rings. The number of hydrogen-bond acceptors (Lipinski definition) is 2. The highest BCUT2D eigenvalue weighted by Gasteiger charge is 2.21. The topological polar surface area (TPSA) is 32.3 Å². The third-order valence-electron chi connectivity index (χ3n) is 3.53. The van der Waals surface area contributed by atoms with Gasteiger partial charge in [-0.15, -0.1) is 0 Å². The van der Waals surface area contributed by atoms with Crippen LogP contribution in [0, 0.1) is 11.3 Å². The first-order valence-corrected chi connectivity index (χ1v) is 6.39. The molecule has 2 N–H and O–H groups in total. The van der Waals surface area contributed by atoms with Gasteiger partial charge in [0.1, 0.15) is 5.75 Å². The highest BCUT2D eigenvalue weighted by atomic mass is 35.5. The fraction of sp³-hybridized carbons (Fsp3) is 0.571. The first-order chi connectivity index (χ1) is 7.84. The molecular formula is C14H22ClNO. The minimum absolute atomic E-state index is 0.184. The second-order valence-electron chi connectivity index (χ2n) is 5.49. The van der Waals surface area contributed by atoms with Gasteiger partial charge in [-0.25, -0.2) is 0 Å². The van der Waals surface area contributed by atoms with Crippen LogP contribution in [0.4, 0.5) is 0 Å². The number of nitrogens with one attached hydrogen (secondary N) is 1. The number of aromatic hydroxyl groups is 1. The quantitative estimate of drug-likeness (QED) is 0.839. The van der Waals surface area contributed by atoms with Crippen molar-refractivity contribution in [2.75, 3.05) is 6.54 Å². The van der Waals surface area contributed by atoms with Gasteiger partial charge in [-0.05, 0) is 17.4 Å². The molecule has 0 heterocycles. The van der Waals surface area contributed by atoms with Crippen molar-refractivity contribution in [3.8, 4) is 5.75 Å². The number of para-hydroxylation sites is 1. The summed E-state index contributed by atoms with van der Waals surface area (Å²) in [4.78, 5) is 0. The van der Waals surface area contributed by atoms with E-state index in [0.29, 0.717) is 17.5 Å². The van der Waals surface area contributed by atoms with Crippen LogP contribution in [0.2, 0.25) is 5.02 Å². The van der Waals surface area contributed by atoms with Crippen molar-refractivity contribution in [1.82, 2.24) is 5.32 Å². The van der Waals surface area contributed by atoms with Crippen molar-refractivity contribution in [2.24, 2.45) is 11.3 Å². The molecule has 0 bridgehead atoms. The molecule has 1 rings (SSSR count). The Labute approximate surface area is 109 Å². The molecule has 0 aliphatic rings. The van der Waals surface area contributed by atoms with Crippen LogP contribution < -0.4 is 5.32 Å². The zero-order chi connectivity index (χ0) is 13.1. The fourth-order valence-electron chi connectivity index (χ4n) is 1.43. The molecule has 1 aromatic carbocycles. The Bertz CT molecular complexity index is 374. The Morgan fingerprint density at radius 2 is 2.00 bits per heavy atom. The van der Waals surface area contributed by atoms with E-state index in [2.05, 4.69) is 33.0 Å². The Morgan fingerprint density at radius 3 is 2.59 bits per heavy atom. The lowest BCUT2D eigenvalue weighted by atomic mass is 9.81. The zero-order valence-corrected chi connectivity index (χ0v) is 11.8. The summed E-state index contributed by atoms with van der Waals surface area (Å²) < 4.78 is 0. The molecule has 0 aliphatic heterocycles. The summed E-state index contributed by atoms with van der Waals surface area (Å²) in [5.74, 6) is 0.798. The summed E-state index contributed by atoms with van der Waals surface area (Å²) >= 11 is 5.86. The number of benzene rings is 1. The normalized spacial score (nSPS) is 12.1. The van der Waals surface area contributed by atoms with E-state index in [0.717, 1.165) is 12.1 Å². The molecule has 0 unspecified atom stereocenters. The second kappa shape index (κ2) is 5.74. The summed E-state index contributed by atoms with van der Waals surface area (Å²) in [7, 11) is 0. The van der Waals surface area contributed by atoms with E-state index < -0.39 is 0 Å². The third-order valence-corrected chi connectivity index (χ3v) is 3.83. The molecule has 3 heteroatoms. The zero-order valence-electron chi connectivity index (χ0n) is 11.0. The molecular weight excluding hydrogens is 234 g/mol. The van der Waals surface area contributed by atoms with Gasteiger partial charge in [-0.1, -0.05) is 51.4 Å². The fourth-order valence-corrected chi connectivity index (χ4v) is 1.62. The smallest absolute Gasteiger partial charge is 0.138 e. The van der Waals surface area contributed by atoms with Gasteiger partial charge < -0.3 is 10.4 Å². The lowest BCUT2D eigenvalue weighted by molar-refractivity contribution is 0.237. The predicted molar refractivity (Wildman–Crippen MR) is 73.4 cm³/mol. The van der Waals surface area contributed by atoms with Crippen LogP contribution in [0.5, 0.6) is 5.75 Å². The maximum atomic E-state index is 9.76. The molecule has 0 radical (unpaired) electrons. The molecule has 17 heavy (non-hydrogen) atoms. The van der Waals surface area contributed by atoms with E-state index in [-0.39, 0.29) is 11.2 Å². The second-order valence-corrected chi connectivity index (χ2v) is 5.90. The maximum absolute atomic E-state index is 9.76. The average molecular weight is 256 g/mol. The molecule has 0 saturated heterocycles. The SMILES string of the molecule is CC(C)C(C)(C)CNCc1cccc(Cl)c1O. The molecule has 0 spiro atoms. The Kier molecular flexibility index (Phi) is 4.84. The van der Waals surface area contributed by atoms with Gasteiger partial charge in [0.25, 0.3) is 0 Å². The molecule has 0 atom stereocenters. The Morgan fingerprint density at radius 1 is 1.35 bits per heavy atom. The minimum Gasteiger partial charge on any atom is -0.506 e. The van der Waals surface area contributed by atoms with Crippen molar-refractivity contribution in [2.45, 2.75) is 34.2 Å². The Balaban J connectivity index is 2.55. The van der Waals surface area contributed by atoms with Gasteiger partial charge >= 0.3 is 0 Å². The number of rotatable bonds is 5. The number of hydrogen-bond donors (Lipinski definition) is 2. The molecule has 0 aromatic heterocycles. The number of phenols is 1. The Hall–Kier alpha value is -0.730. The van der Waals surface area contributed by atoms with Crippen molar-refractivity contribution in [1.29, 1.82) is 0 Å². The van der Waals surface area contributed by atoms with Crippen molar-refractivity contribution in [3.63, 3.8) is 0 Å². The van der Waals surface area contributed by atoms with E-state index >= 15 is 0 Å². The van der Waals surface area contributed by atoms with Gasteiger partial charge in [0.05, 0.1) is 5.02 Å². The summed E-state index contributed by atoms with van der Waals surface area (Å²) in [5.41, 5.74) is 1.09. The van der Waals surface area contributed by atoms with E-state index in [1.54, 1.807) is 6.07 Å². The van der Waals surface area contributed by atoms with Crippen LogP contribution in [0.1, 0.15) is 33.3 Å². The van der Waals surface area contributed by atoms with Crippen molar-refractivity contribution < 1.29 is 5.11 Å². The van der Waals surface area contributed by atoms with Crippen LogP contribution in [-0.2, 0) is 6.54 Å². The average Bonchev–Trinajstić information content (AvgIpc) is 2.24. The van der Waals surface area contributed by atoms with Crippen LogP contribution >= 0.6 is 11.6 Å². The summed E-state index contributed by atoms with van der Waals surface area (Å²) in [6, 6.07) is 5.43. The molecule has 0 saturated carbocycles. The molecule has 0 fully saturated rings. The molecule has 96 valence electrons. The monoisotopic (exact) mass is 255 g/mol. The molecule has 0 aliphatic carbocycles. The number of halogens is 1. The minimum atomic E-state index is 0.184. The van der Waals surface area contributed by atoms with E-state index in [1.807, 2.05) is 12.1 Å². The van der Waals surface area contributed by atoms with Crippen molar-refractivity contribution >= 4 is 11.6 Å². The molecule has 2 nitrogen and oxygen atoms in total. The summed E-state index contributed by atoms with van der Waals surface area (Å²) in [6.07, 6.45) is 0. The van der Waals surface area contributed by atoms with Crippen LogP contribution in [0.25, 0.3) is 0 Å². The first kappa shape index (κ1) is 14.3. The van der Waals surface area contributed by atoms with E-state index in [1.165, 1.54) is 0 Å².